The van der Waals surface area contributed by atoms with E-state index in [9.17, 15) is 4.79 Å². The molecule has 3 aromatic rings. The Labute approximate surface area is 143 Å². The molecule has 6 nitrogen and oxygen atoms in total. The summed E-state index contributed by atoms with van der Waals surface area (Å²) in [6, 6.07) is 12.7. The summed E-state index contributed by atoms with van der Waals surface area (Å²) in [6.07, 6.45) is 3.39. The van der Waals surface area contributed by atoms with Gasteiger partial charge >= 0.3 is 0 Å². The Morgan fingerprint density at radius 1 is 1.08 bits per heavy atom. The first-order valence-corrected chi connectivity index (χ1v) is 8.30. The van der Waals surface area contributed by atoms with Gasteiger partial charge in [-0.2, -0.15) is 0 Å². The number of pyridine rings is 1. The van der Waals surface area contributed by atoms with Crippen molar-refractivity contribution < 1.29 is 9.53 Å². The van der Waals surface area contributed by atoms with Crippen molar-refractivity contribution in [2.75, 3.05) is 18.4 Å². The lowest BCUT2D eigenvalue weighted by Gasteiger charge is -2.08. The van der Waals surface area contributed by atoms with Gasteiger partial charge in [-0.1, -0.05) is 23.5 Å². The lowest BCUT2D eigenvalue weighted by Crippen LogP contribution is -2.28. The maximum atomic E-state index is 12.2. The van der Waals surface area contributed by atoms with Gasteiger partial charge in [0, 0.05) is 36.4 Å². The minimum atomic E-state index is -0.151. The van der Waals surface area contributed by atoms with Crippen molar-refractivity contribution in [1.82, 2.24) is 15.3 Å². The van der Waals surface area contributed by atoms with Crippen LogP contribution in [0.25, 0.3) is 0 Å². The zero-order valence-electron chi connectivity index (χ0n) is 12.8. The number of thiazole rings is 1. The van der Waals surface area contributed by atoms with Gasteiger partial charge in [0.2, 0.25) is 0 Å². The van der Waals surface area contributed by atoms with Crippen LogP contribution in [0.15, 0.2) is 60.2 Å². The van der Waals surface area contributed by atoms with Gasteiger partial charge in [-0.15, -0.1) is 0 Å². The van der Waals surface area contributed by atoms with Crippen molar-refractivity contribution in [3.05, 3.63) is 65.8 Å². The van der Waals surface area contributed by atoms with E-state index in [0.29, 0.717) is 29.6 Å². The van der Waals surface area contributed by atoms with Crippen LogP contribution in [0.5, 0.6) is 10.9 Å². The molecule has 0 aliphatic heterocycles. The number of rotatable bonds is 7. The number of amides is 1. The molecule has 0 aliphatic rings. The van der Waals surface area contributed by atoms with E-state index in [1.54, 1.807) is 36.7 Å². The van der Waals surface area contributed by atoms with E-state index < -0.39 is 0 Å². The maximum absolute atomic E-state index is 12.2. The molecule has 0 bridgehead atoms. The van der Waals surface area contributed by atoms with Crippen molar-refractivity contribution in [2.24, 2.45) is 0 Å². The highest BCUT2D eigenvalue weighted by Crippen LogP contribution is 2.23. The van der Waals surface area contributed by atoms with Crippen LogP contribution in [-0.2, 0) is 0 Å². The Kier molecular flexibility index (Phi) is 5.36. The number of nitrogens with one attached hydrogen (secondary N) is 2. The summed E-state index contributed by atoms with van der Waals surface area (Å²) in [4.78, 5) is 20.4. The Bertz CT molecular complexity index is 778. The van der Waals surface area contributed by atoms with Crippen LogP contribution in [0, 0.1) is 0 Å². The van der Waals surface area contributed by atoms with Gasteiger partial charge in [0.05, 0.1) is 0 Å². The third-order valence-corrected chi connectivity index (χ3v) is 3.74. The van der Waals surface area contributed by atoms with Gasteiger partial charge < -0.3 is 15.4 Å². The molecule has 0 fully saturated rings. The number of benzene rings is 1. The summed E-state index contributed by atoms with van der Waals surface area (Å²) in [5.41, 5.74) is 0.543. The smallest absolute Gasteiger partial charge is 0.278 e. The Hall–Kier alpha value is -2.93. The van der Waals surface area contributed by atoms with Crippen LogP contribution in [0.4, 0.5) is 5.82 Å². The fraction of sp³-hybridized carbons (Fsp3) is 0.118. The SMILES string of the molecule is O=C(NCCNc1ccccn1)c1cccc(Oc2nccs2)c1. The third kappa shape index (κ3) is 4.53. The number of anilines is 1. The molecule has 1 aromatic carbocycles. The lowest BCUT2D eigenvalue weighted by molar-refractivity contribution is 0.0955. The fourth-order valence-electron chi connectivity index (χ4n) is 2.00. The van der Waals surface area contributed by atoms with Crippen LogP contribution in [-0.4, -0.2) is 29.0 Å². The molecule has 0 saturated heterocycles. The van der Waals surface area contributed by atoms with Gasteiger partial charge in [0.1, 0.15) is 11.6 Å². The molecule has 0 saturated carbocycles. The number of aromatic nitrogens is 2. The third-order valence-electron chi connectivity index (χ3n) is 3.09. The molecule has 3 rings (SSSR count). The minimum absolute atomic E-state index is 0.151. The first kappa shape index (κ1) is 15.9. The summed E-state index contributed by atoms with van der Waals surface area (Å²) in [5.74, 6) is 1.22. The molecule has 0 aliphatic carbocycles. The summed E-state index contributed by atoms with van der Waals surface area (Å²) >= 11 is 1.40. The summed E-state index contributed by atoms with van der Waals surface area (Å²) < 4.78 is 5.60. The first-order chi connectivity index (χ1) is 11.8. The van der Waals surface area contributed by atoms with Gasteiger partial charge in [-0.25, -0.2) is 9.97 Å². The number of nitrogens with zero attached hydrogens (tertiary/aromatic N) is 2. The topological polar surface area (TPSA) is 76.1 Å². The molecule has 7 heteroatoms. The van der Waals surface area contributed by atoms with E-state index in [-0.39, 0.29) is 5.91 Å². The van der Waals surface area contributed by atoms with Gasteiger partial charge in [0.15, 0.2) is 0 Å². The second kappa shape index (κ2) is 8.07. The van der Waals surface area contributed by atoms with Crippen molar-refractivity contribution in [1.29, 1.82) is 0 Å². The zero-order chi connectivity index (χ0) is 16.6. The summed E-state index contributed by atoms with van der Waals surface area (Å²) in [7, 11) is 0. The summed E-state index contributed by atoms with van der Waals surface area (Å²) in [5, 5.41) is 8.37. The van der Waals surface area contributed by atoms with E-state index in [2.05, 4.69) is 20.6 Å². The molecule has 2 N–H and O–H groups in total. The predicted molar refractivity (Wildman–Crippen MR) is 93.7 cm³/mol. The molecule has 0 radical (unpaired) electrons. The zero-order valence-corrected chi connectivity index (χ0v) is 13.6. The van der Waals surface area contributed by atoms with Crippen LogP contribution >= 0.6 is 11.3 Å². The monoisotopic (exact) mass is 340 g/mol. The van der Waals surface area contributed by atoms with E-state index in [1.807, 2.05) is 23.6 Å². The van der Waals surface area contributed by atoms with Crippen LogP contribution in [0.3, 0.4) is 0 Å². The minimum Gasteiger partial charge on any atom is -0.431 e. The van der Waals surface area contributed by atoms with Gasteiger partial charge in [-0.05, 0) is 30.3 Å². The van der Waals surface area contributed by atoms with Crippen molar-refractivity contribution in [3.63, 3.8) is 0 Å². The number of hydrogen-bond acceptors (Lipinski definition) is 6. The second-order valence-electron chi connectivity index (χ2n) is 4.83. The van der Waals surface area contributed by atoms with E-state index in [1.165, 1.54) is 11.3 Å². The van der Waals surface area contributed by atoms with Crippen LogP contribution < -0.4 is 15.4 Å². The molecule has 122 valence electrons. The Balaban J connectivity index is 1.49. The van der Waals surface area contributed by atoms with Gasteiger partial charge in [0.25, 0.3) is 11.1 Å². The molecular formula is C17H16N4O2S. The molecule has 2 heterocycles. The average Bonchev–Trinajstić information content (AvgIpc) is 3.13. The van der Waals surface area contributed by atoms with E-state index in [0.717, 1.165) is 5.82 Å². The summed E-state index contributed by atoms with van der Waals surface area (Å²) in [6.45, 7) is 1.09. The van der Waals surface area contributed by atoms with Crippen molar-refractivity contribution >= 4 is 23.1 Å². The predicted octanol–water partition coefficient (Wildman–Crippen LogP) is 3.17. The number of carbonyl (C=O) groups excluding carboxylic acids is 1. The quantitative estimate of drug-likeness (QED) is 0.646. The molecule has 0 atom stereocenters. The normalized spacial score (nSPS) is 10.2. The maximum Gasteiger partial charge on any atom is 0.278 e. The fourth-order valence-corrected chi connectivity index (χ4v) is 2.50. The highest BCUT2D eigenvalue weighted by Gasteiger charge is 2.07. The average molecular weight is 340 g/mol. The molecule has 0 unspecified atom stereocenters. The van der Waals surface area contributed by atoms with Crippen LogP contribution in [0.1, 0.15) is 10.4 Å². The first-order valence-electron chi connectivity index (χ1n) is 7.42. The molecule has 0 spiro atoms. The van der Waals surface area contributed by atoms with Crippen molar-refractivity contribution in [2.45, 2.75) is 0 Å². The largest absolute Gasteiger partial charge is 0.431 e. The highest BCUT2D eigenvalue weighted by atomic mass is 32.1. The molecule has 2 aromatic heterocycles. The van der Waals surface area contributed by atoms with E-state index >= 15 is 0 Å². The Morgan fingerprint density at radius 3 is 2.83 bits per heavy atom. The lowest BCUT2D eigenvalue weighted by atomic mass is 10.2. The van der Waals surface area contributed by atoms with Crippen molar-refractivity contribution in [3.8, 4) is 10.9 Å². The molecule has 1 amide bonds. The highest BCUT2D eigenvalue weighted by molar-refractivity contribution is 7.11. The Morgan fingerprint density at radius 2 is 2.04 bits per heavy atom. The number of carbonyl (C=O) groups is 1. The standard InChI is InChI=1S/C17H16N4O2S/c22-16(20-9-8-19-15-6-1-2-7-18-15)13-4-3-5-14(12-13)23-17-21-10-11-24-17/h1-7,10-12H,8-9H2,(H,18,19)(H,20,22). The van der Waals surface area contributed by atoms with Crippen LogP contribution in [0.2, 0.25) is 0 Å². The number of ether oxygens (including phenoxy) is 1. The molecule has 24 heavy (non-hydrogen) atoms. The van der Waals surface area contributed by atoms with E-state index in [4.69, 9.17) is 4.74 Å². The number of hydrogen-bond donors (Lipinski definition) is 2. The van der Waals surface area contributed by atoms with Gasteiger partial charge in [-0.3, -0.25) is 4.79 Å². The second-order valence-corrected chi connectivity index (χ2v) is 5.68. The molecular weight excluding hydrogens is 324 g/mol.